The van der Waals surface area contributed by atoms with E-state index in [9.17, 15) is 32.4 Å². The first-order valence-electron chi connectivity index (χ1n) is 40.9. The highest BCUT2D eigenvalue weighted by Crippen LogP contribution is 2.42. The predicted octanol–water partition coefficient (Wildman–Crippen LogP) is 14.7. The van der Waals surface area contributed by atoms with Gasteiger partial charge in [-0.1, -0.05) is 249 Å². The summed E-state index contributed by atoms with van der Waals surface area (Å²) in [7, 11) is 19.7. The lowest BCUT2D eigenvalue weighted by atomic mass is 9.70. The van der Waals surface area contributed by atoms with Crippen molar-refractivity contribution in [3.05, 3.63) is 295 Å². The van der Waals surface area contributed by atoms with Crippen LogP contribution in [0.3, 0.4) is 0 Å². The van der Waals surface area contributed by atoms with Crippen LogP contribution in [-0.2, 0) is 68.0 Å². The van der Waals surface area contributed by atoms with Gasteiger partial charge in [-0.15, -0.1) is 25.2 Å². The molecule has 0 saturated carbocycles. The molecule has 0 N–H and O–H groups in total. The normalized spacial score (nSPS) is 15.9. The minimum atomic E-state index is -3.49. The Labute approximate surface area is 776 Å². The average Bonchev–Trinajstić information content (AvgIpc) is 1.58. The number of carbonyl (C=O) groups is 5. The Kier molecular flexibility index (Phi) is 48.1. The van der Waals surface area contributed by atoms with Crippen molar-refractivity contribution in [1.82, 2.24) is 39.2 Å². The summed E-state index contributed by atoms with van der Waals surface area (Å²) in [6.45, 7) is 24.2. The molecule has 0 bridgehead atoms. The fourth-order valence-electron chi connectivity index (χ4n) is 14.9. The summed E-state index contributed by atoms with van der Waals surface area (Å²) in [6, 6.07) is 68.4. The number of ether oxygens (including phenoxy) is 10. The molecule has 4 fully saturated rings. The van der Waals surface area contributed by atoms with Crippen LogP contribution in [0.4, 0.5) is 19.2 Å². The Morgan fingerprint density at radius 3 is 0.938 bits per heavy atom. The van der Waals surface area contributed by atoms with Crippen LogP contribution in [-0.4, -0.2) is 281 Å². The number of Topliss-reactive ketones (excluding diaryl/α,β-unsaturated/α-hetero) is 1. The molecule has 8 amide bonds. The maximum absolute atomic E-state index is 12.6. The van der Waals surface area contributed by atoms with Crippen LogP contribution < -0.4 is 0 Å². The Morgan fingerprint density at radius 2 is 0.669 bits per heavy atom. The number of rotatable bonds is 27. The van der Waals surface area contributed by atoms with Gasteiger partial charge >= 0.3 is 29.8 Å². The summed E-state index contributed by atoms with van der Waals surface area (Å²) in [5.74, 6) is 2.05. The van der Waals surface area contributed by atoms with Crippen LogP contribution in [0.2, 0.25) is 0 Å². The number of fused-ring (bicyclic) bond motifs is 2. The molecule has 2 atom stereocenters. The molecule has 4 heterocycles. The van der Waals surface area contributed by atoms with Crippen molar-refractivity contribution in [2.24, 2.45) is 0 Å². The van der Waals surface area contributed by atoms with Gasteiger partial charge in [-0.2, -0.15) is 4.79 Å². The Hall–Kier alpha value is -11.5. The Bertz CT molecular complexity index is 4840. The number of benzene rings is 8. The highest BCUT2D eigenvalue weighted by atomic mass is 32.2. The second-order valence-corrected chi connectivity index (χ2v) is 32.9. The zero-order valence-corrected chi connectivity index (χ0v) is 79.1. The van der Waals surface area contributed by atoms with Crippen LogP contribution in [0, 0.1) is 66.7 Å². The molecule has 691 valence electrons. The number of carbonyl (C=O) groups excluding carboxylic acids is 5. The summed E-state index contributed by atoms with van der Waals surface area (Å²) >= 11 is 0. The van der Waals surface area contributed by atoms with E-state index in [1.165, 1.54) is 170 Å². The van der Waals surface area contributed by atoms with Crippen molar-refractivity contribution >= 4 is 74.2 Å². The molecular weight excluding hydrogens is 1670 g/mol. The second-order valence-electron chi connectivity index (χ2n) is 30.9. The van der Waals surface area contributed by atoms with Gasteiger partial charge in [0.15, 0.2) is 34.6 Å². The van der Waals surface area contributed by atoms with E-state index < -0.39 is 40.4 Å². The lowest BCUT2D eigenvalue weighted by molar-refractivity contribution is -0.132. The molecular formula is C99H128B3N10O17S. The number of allylic oxidation sites excluding steroid dienone is 1. The molecule has 4 saturated heterocycles. The van der Waals surface area contributed by atoms with E-state index >= 15 is 0 Å². The molecule has 4 aliphatic heterocycles. The van der Waals surface area contributed by atoms with Crippen molar-refractivity contribution in [3.63, 3.8) is 0 Å². The van der Waals surface area contributed by atoms with Crippen LogP contribution in [0.15, 0.2) is 200 Å². The number of aryl methyl sites for hydroxylation is 6. The Morgan fingerprint density at radius 1 is 0.423 bits per heavy atom. The first kappa shape index (κ1) is 113. The number of nitrogens with zero attached hydrogens (tertiary/aromatic N) is 10. The minimum absolute atomic E-state index is 0. The first-order chi connectivity index (χ1) is 61.3. The van der Waals surface area contributed by atoms with E-state index in [0.717, 1.165) is 25.4 Å². The molecule has 27 nitrogen and oxygen atoms in total. The largest absolute Gasteiger partial charge is 0.364 e. The molecule has 31 heteroatoms. The van der Waals surface area contributed by atoms with Crippen LogP contribution in [0.25, 0.3) is 10.4 Å². The molecule has 8 aromatic rings. The van der Waals surface area contributed by atoms with Gasteiger partial charge in [0.1, 0.15) is 53.8 Å². The van der Waals surface area contributed by atoms with E-state index in [2.05, 4.69) is 278 Å². The van der Waals surface area contributed by atoms with Gasteiger partial charge in [0.2, 0.25) is 0 Å². The van der Waals surface area contributed by atoms with E-state index in [1.807, 2.05) is 0 Å². The molecule has 13 rings (SSSR count). The third-order valence-electron chi connectivity index (χ3n) is 21.6. The standard InChI is InChI=1S/C32H34.C22H22.C12H22N4O6.C11H8N2O3S.C9H18N2O5.C7H14N2O3.C3H4.C2H2.CH4.B2.B/c1-23-7-13-26(14-8-23)31(4,5)27-19-21-30(22-20-27)32(6,28-15-9-24(2)10-16-28)29-17-11-25(3)12-18-29;1-16-4-10-19(11-5-16)22(20-12-6-17(2)7-13-20)21-14-8-18(3)9-15-21;1-19-5-13-9-10(15(7-21-3)11(13)17)16(8-22-4)12(18)14(9)6-20-2;1-17(15,16)10-6-9(13-12)11(14)8-5-3-2-4-7(8)10;1-13-5-10-7(15-3)8(16-4)11(6-14-2)9(10)12;1-11-5-8-3-4-9(6-12-2)7(8)10;1-3-2;1-2;;1-2;/h7-22H,1-6H3;4-15,22H,1-3H3;9-10H,5-8H2,1-4H3;2-6H,1H3;7-8H,5-6H2,1-4H3;3-6H2,1-2H3;1H,2H3;1-2H;1H4;;. The number of methoxy groups -OCH3 is 10. The summed E-state index contributed by atoms with van der Waals surface area (Å²) in [4.78, 5) is 75.1. The number of terminal acetylenes is 2. The first-order valence-corrected chi connectivity index (χ1v) is 42.8. The van der Waals surface area contributed by atoms with Crippen molar-refractivity contribution in [3.8, 4) is 25.2 Å². The van der Waals surface area contributed by atoms with Gasteiger partial charge < -0.3 is 52.9 Å². The van der Waals surface area contributed by atoms with Crippen molar-refractivity contribution < 1.29 is 84.5 Å². The van der Waals surface area contributed by atoms with Gasteiger partial charge in [-0.25, -0.2) is 27.6 Å². The van der Waals surface area contributed by atoms with Crippen molar-refractivity contribution in [2.75, 3.05) is 144 Å². The van der Waals surface area contributed by atoms with Gasteiger partial charge in [0.05, 0.1) is 11.0 Å². The van der Waals surface area contributed by atoms with E-state index in [1.54, 1.807) is 49.1 Å². The third-order valence-corrected chi connectivity index (χ3v) is 22.7. The molecule has 7 radical (unpaired) electrons. The smallest absolute Gasteiger partial charge is 0.364 e. The number of amides is 8. The van der Waals surface area contributed by atoms with Crippen LogP contribution in [0.5, 0.6) is 0 Å². The van der Waals surface area contributed by atoms with E-state index in [-0.39, 0.29) is 107 Å². The molecule has 1 aliphatic carbocycles. The fourth-order valence-corrected chi connectivity index (χ4v) is 15.8. The van der Waals surface area contributed by atoms with E-state index in [4.69, 9.17) is 52.9 Å². The predicted molar refractivity (Wildman–Crippen MR) is 513 cm³/mol. The van der Waals surface area contributed by atoms with E-state index in [0.29, 0.717) is 24.9 Å². The number of hydrogen-bond acceptors (Lipinski definition) is 17. The lowest BCUT2D eigenvalue weighted by Gasteiger charge is -2.33. The maximum atomic E-state index is 12.6. The van der Waals surface area contributed by atoms with Gasteiger partial charge in [0, 0.05) is 142 Å². The molecule has 0 spiro atoms. The molecule has 5 aliphatic rings. The van der Waals surface area contributed by atoms with Crippen molar-refractivity contribution in [1.29, 1.82) is 0 Å². The number of hydrogen-bond donors (Lipinski definition) is 0. The molecule has 0 aromatic heterocycles. The molecule has 2 unspecified atom stereocenters. The SMILES string of the molecule is C.C#C.C#CC.COCN1C(=O)N(COC)C(OC)C1OC.COCN1C(=O)N(COC)C2C1N(COC)C(=O)N2COC.COCN1CCN(COC)C1=O.CS(=O)(=O)C1=CC(=[N+]=[N-])C(=O)c2ccccc21.Cc1ccc(C(C)(C)c2ccc(C(C)(c3ccc(C)cc3)c3ccc(C)cc3)cc2)cc1.Cc1ccc(C(c2ccc(C)cc2)c2ccc(C)cc2)cc1.[B].[B][B]. The van der Waals surface area contributed by atoms with Gasteiger partial charge in [-0.05, 0) is 99.9 Å². The summed E-state index contributed by atoms with van der Waals surface area (Å²) in [5.41, 5.74) is 27.2. The van der Waals surface area contributed by atoms with Gasteiger partial charge in [-0.3, -0.25) is 44.0 Å². The number of sulfone groups is 1. The summed E-state index contributed by atoms with van der Waals surface area (Å²) < 4.78 is 73.7. The minimum Gasteiger partial charge on any atom is -0.364 e. The fraction of sp³-hybridized carbons (Fsp3) is 0.394. The molecule has 130 heavy (non-hydrogen) atoms. The van der Waals surface area contributed by atoms with Crippen LogP contribution in [0.1, 0.15) is 135 Å². The average molecular weight is 1790 g/mol. The third kappa shape index (κ3) is 28.7. The number of urea groups is 4. The lowest BCUT2D eigenvalue weighted by Crippen LogP contribution is -2.48. The molecule has 8 aromatic carbocycles. The number of ketones is 1. The van der Waals surface area contributed by atoms with Crippen molar-refractivity contribution in [2.45, 2.75) is 118 Å². The highest BCUT2D eigenvalue weighted by Gasteiger charge is 2.59. The zero-order valence-electron chi connectivity index (χ0n) is 78.3. The quantitative estimate of drug-likeness (QED) is 0.0152. The second kappa shape index (κ2) is 55.5. The summed E-state index contributed by atoms with van der Waals surface area (Å²) in [5, 5.41) is 0. The maximum Gasteiger partial charge on any atom is 0.364 e. The topological polar surface area (TPSA) is 274 Å². The van der Waals surface area contributed by atoms with Gasteiger partial charge in [0.25, 0.3) is 5.78 Å². The highest BCUT2D eigenvalue weighted by molar-refractivity contribution is 8.00. The monoisotopic (exact) mass is 1790 g/mol. The summed E-state index contributed by atoms with van der Waals surface area (Å²) in [6.07, 6.45) is 12.7. The zero-order chi connectivity index (χ0) is 95.2. The Balaban J connectivity index is 0.000000404. The van der Waals surface area contributed by atoms with Crippen LogP contribution >= 0.6 is 0 Å².